The van der Waals surface area contributed by atoms with E-state index in [0.29, 0.717) is 0 Å². The Balaban J connectivity index is 1.92. The Morgan fingerprint density at radius 3 is 1.38 bits per heavy atom. The first-order valence-corrected chi connectivity index (χ1v) is 10.3. The molecule has 0 fully saturated rings. The largest absolute Gasteiger partial charge is 0.497 e. The minimum atomic E-state index is 0.750. The number of methoxy groups -OCH3 is 4. The molecule has 0 saturated carbocycles. The average Bonchev–Trinajstić information content (AvgIpc) is 2.88. The van der Waals surface area contributed by atoms with Gasteiger partial charge in [-0.1, -0.05) is 42.5 Å². The average molecular weight is 427 g/mol. The van der Waals surface area contributed by atoms with Crippen molar-refractivity contribution in [3.63, 3.8) is 0 Å². The van der Waals surface area contributed by atoms with Crippen LogP contribution in [0.4, 0.5) is 0 Å². The SMILES string of the molecule is COc1cc(OC)cc(-c2ccc(-c3cc(OC)cc(OC)c3)c(-c3ccccc3)c2)c1. The molecule has 0 saturated heterocycles. The lowest BCUT2D eigenvalue weighted by Crippen LogP contribution is -1.92. The van der Waals surface area contributed by atoms with Crippen LogP contribution in [0.1, 0.15) is 0 Å². The number of benzene rings is 4. The minimum absolute atomic E-state index is 0.750. The molecule has 0 aliphatic heterocycles. The van der Waals surface area contributed by atoms with E-state index in [2.05, 4.69) is 30.3 Å². The Bertz CT molecular complexity index is 1170. The highest BCUT2D eigenvalue weighted by Gasteiger charge is 2.13. The van der Waals surface area contributed by atoms with Crippen molar-refractivity contribution in [1.29, 1.82) is 0 Å². The molecule has 0 unspecified atom stereocenters. The van der Waals surface area contributed by atoms with Crippen LogP contribution in [0.3, 0.4) is 0 Å². The molecule has 4 aromatic rings. The summed E-state index contributed by atoms with van der Waals surface area (Å²) in [6.07, 6.45) is 0. The molecule has 4 heteroatoms. The highest BCUT2D eigenvalue weighted by Crippen LogP contribution is 2.39. The molecule has 4 aromatic carbocycles. The van der Waals surface area contributed by atoms with E-state index in [9.17, 15) is 0 Å². The van der Waals surface area contributed by atoms with Crippen molar-refractivity contribution in [2.75, 3.05) is 28.4 Å². The van der Waals surface area contributed by atoms with Gasteiger partial charge in [0.2, 0.25) is 0 Å². The van der Waals surface area contributed by atoms with Gasteiger partial charge in [0.15, 0.2) is 0 Å². The Morgan fingerprint density at radius 2 is 0.875 bits per heavy atom. The molecule has 0 aliphatic rings. The van der Waals surface area contributed by atoms with Crippen molar-refractivity contribution in [3.05, 3.63) is 84.9 Å². The molecule has 32 heavy (non-hydrogen) atoms. The van der Waals surface area contributed by atoms with Crippen LogP contribution in [-0.2, 0) is 0 Å². The highest BCUT2D eigenvalue weighted by molar-refractivity contribution is 5.88. The molecule has 4 rings (SSSR count). The van der Waals surface area contributed by atoms with Crippen LogP contribution in [-0.4, -0.2) is 28.4 Å². The molecule has 0 bridgehead atoms. The molecule has 0 amide bonds. The lowest BCUT2D eigenvalue weighted by atomic mass is 9.91. The molecular weight excluding hydrogens is 400 g/mol. The standard InChI is InChI=1S/C28H26O4/c1-29-23-12-21(13-24(17-23)30-2)20-10-11-27(28(16-20)19-8-6-5-7-9-19)22-14-25(31-3)18-26(15-22)32-4/h5-18H,1-4H3. The van der Waals surface area contributed by atoms with Gasteiger partial charge < -0.3 is 18.9 Å². The van der Waals surface area contributed by atoms with Gasteiger partial charge in [0.25, 0.3) is 0 Å². The minimum Gasteiger partial charge on any atom is -0.497 e. The summed E-state index contributed by atoms with van der Waals surface area (Å²) >= 11 is 0. The molecule has 0 N–H and O–H groups in total. The van der Waals surface area contributed by atoms with Crippen LogP contribution < -0.4 is 18.9 Å². The summed E-state index contributed by atoms with van der Waals surface area (Å²) < 4.78 is 21.9. The second-order valence-electron chi connectivity index (χ2n) is 7.33. The van der Waals surface area contributed by atoms with E-state index in [-0.39, 0.29) is 0 Å². The lowest BCUT2D eigenvalue weighted by Gasteiger charge is -2.16. The summed E-state index contributed by atoms with van der Waals surface area (Å²) in [6, 6.07) is 28.6. The van der Waals surface area contributed by atoms with E-state index in [4.69, 9.17) is 18.9 Å². The van der Waals surface area contributed by atoms with E-state index in [0.717, 1.165) is 56.4 Å². The number of rotatable bonds is 7. The van der Waals surface area contributed by atoms with E-state index >= 15 is 0 Å². The zero-order valence-corrected chi connectivity index (χ0v) is 18.7. The van der Waals surface area contributed by atoms with Gasteiger partial charge in [-0.3, -0.25) is 0 Å². The summed E-state index contributed by atoms with van der Waals surface area (Å²) in [5.74, 6) is 3.00. The smallest absolute Gasteiger partial charge is 0.123 e. The predicted octanol–water partition coefficient (Wildman–Crippen LogP) is 6.72. The van der Waals surface area contributed by atoms with Crippen LogP contribution in [0.25, 0.3) is 33.4 Å². The third-order valence-electron chi connectivity index (χ3n) is 5.45. The highest BCUT2D eigenvalue weighted by atomic mass is 16.5. The van der Waals surface area contributed by atoms with Gasteiger partial charge in [-0.2, -0.15) is 0 Å². The van der Waals surface area contributed by atoms with Crippen molar-refractivity contribution in [1.82, 2.24) is 0 Å². The fraction of sp³-hybridized carbons (Fsp3) is 0.143. The Hall–Kier alpha value is -3.92. The van der Waals surface area contributed by atoms with Gasteiger partial charge in [-0.05, 0) is 63.7 Å². The van der Waals surface area contributed by atoms with Crippen molar-refractivity contribution in [3.8, 4) is 56.4 Å². The maximum Gasteiger partial charge on any atom is 0.123 e. The van der Waals surface area contributed by atoms with Gasteiger partial charge >= 0.3 is 0 Å². The van der Waals surface area contributed by atoms with Gasteiger partial charge in [0.05, 0.1) is 28.4 Å². The number of hydrogen-bond acceptors (Lipinski definition) is 4. The van der Waals surface area contributed by atoms with Crippen molar-refractivity contribution in [2.45, 2.75) is 0 Å². The summed E-state index contributed by atoms with van der Waals surface area (Å²) in [6.45, 7) is 0. The van der Waals surface area contributed by atoms with E-state index in [1.807, 2.05) is 54.6 Å². The van der Waals surface area contributed by atoms with E-state index < -0.39 is 0 Å². The van der Waals surface area contributed by atoms with Crippen LogP contribution in [0.15, 0.2) is 84.9 Å². The monoisotopic (exact) mass is 426 g/mol. The topological polar surface area (TPSA) is 36.9 Å². The van der Waals surface area contributed by atoms with Gasteiger partial charge in [-0.25, -0.2) is 0 Å². The molecular formula is C28H26O4. The normalized spacial score (nSPS) is 10.5. The lowest BCUT2D eigenvalue weighted by molar-refractivity contribution is 0.394. The first-order valence-electron chi connectivity index (χ1n) is 10.3. The maximum atomic E-state index is 5.50. The van der Waals surface area contributed by atoms with Crippen LogP contribution >= 0.6 is 0 Å². The van der Waals surface area contributed by atoms with E-state index in [1.165, 1.54) is 0 Å². The quantitative estimate of drug-likeness (QED) is 0.329. The van der Waals surface area contributed by atoms with Crippen LogP contribution in [0, 0.1) is 0 Å². The second kappa shape index (κ2) is 9.48. The van der Waals surface area contributed by atoms with E-state index in [1.54, 1.807) is 28.4 Å². The fourth-order valence-electron chi connectivity index (χ4n) is 3.77. The molecule has 0 radical (unpaired) electrons. The fourth-order valence-corrected chi connectivity index (χ4v) is 3.77. The Morgan fingerprint density at radius 1 is 0.375 bits per heavy atom. The number of ether oxygens (including phenoxy) is 4. The summed E-state index contributed by atoms with van der Waals surface area (Å²) in [4.78, 5) is 0. The zero-order valence-electron chi connectivity index (χ0n) is 18.7. The van der Waals surface area contributed by atoms with Gasteiger partial charge in [0.1, 0.15) is 23.0 Å². The third-order valence-corrected chi connectivity index (χ3v) is 5.45. The molecule has 0 aromatic heterocycles. The van der Waals surface area contributed by atoms with Gasteiger partial charge in [-0.15, -0.1) is 0 Å². The molecule has 0 spiro atoms. The summed E-state index contributed by atoms with van der Waals surface area (Å²) in [7, 11) is 6.65. The molecule has 0 heterocycles. The maximum absolute atomic E-state index is 5.50. The summed E-state index contributed by atoms with van der Waals surface area (Å²) in [5.41, 5.74) is 6.44. The Labute approximate surface area is 189 Å². The van der Waals surface area contributed by atoms with Crippen LogP contribution in [0.5, 0.6) is 23.0 Å². The first-order chi connectivity index (χ1) is 15.6. The predicted molar refractivity (Wildman–Crippen MR) is 129 cm³/mol. The zero-order chi connectivity index (χ0) is 22.5. The van der Waals surface area contributed by atoms with Crippen LogP contribution in [0.2, 0.25) is 0 Å². The molecule has 0 atom stereocenters. The molecule has 4 nitrogen and oxygen atoms in total. The Kier molecular flexibility index (Phi) is 6.31. The van der Waals surface area contributed by atoms with Crippen molar-refractivity contribution in [2.24, 2.45) is 0 Å². The molecule has 162 valence electrons. The number of hydrogen-bond donors (Lipinski definition) is 0. The van der Waals surface area contributed by atoms with Crippen molar-refractivity contribution < 1.29 is 18.9 Å². The third kappa shape index (κ3) is 4.40. The first kappa shape index (κ1) is 21.3. The molecule has 0 aliphatic carbocycles. The second-order valence-corrected chi connectivity index (χ2v) is 7.33. The van der Waals surface area contributed by atoms with Crippen molar-refractivity contribution >= 4 is 0 Å². The summed E-state index contributed by atoms with van der Waals surface area (Å²) in [5, 5.41) is 0. The van der Waals surface area contributed by atoms with Gasteiger partial charge in [0, 0.05) is 12.1 Å².